The third-order valence-corrected chi connectivity index (χ3v) is 6.46. The normalized spacial score (nSPS) is 17.2. The number of hydrogen-bond donors (Lipinski definition) is 2. The van der Waals surface area contributed by atoms with Crippen molar-refractivity contribution in [1.29, 1.82) is 0 Å². The van der Waals surface area contributed by atoms with Gasteiger partial charge in [-0.15, -0.1) is 0 Å². The average Bonchev–Trinajstić information content (AvgIpc) is 2.77. The highest BCUT2D eigenvalue weighted by Gasteiger charge is 2.35. The molecule has 0 unspecified atom stereocenters. The molecule has 2 N–H and O–H groups in total. The quantitative estimate of drug-likeness (QED) is 0.420. The van der Waals surface area contributed by atoms with Gasteiger partial charge >= 0.3 is 11.8 Å². The molecule has 0 bridgehead atoms. The number of amides is 2. The number of ether oxygens (including phenoxy) is 3. The Balaban J connectivity index is 2.11. The summed E-state index contributed by atoms with van der Waals surface area (Å²) < 4.78 is 43.4. The molecule has 1 heterocycles. The Labute approximate surface area is 176 Å². The fourth-order valence-corrected chi connectivity index (χ4v) is 4.52. The van der Waals surface area contributed by atoms with E-state index in [1.165, 1.54) is 36.7 Å². The highest BCUT2D eigenvalue weighted by atomic mass is 32.2. The number of benzene rings is 1. The van der Waals surface area contributed by atoms with Gasteiger partial charge in [0.1, 0.15) is 6.23 Å². The summed E-state index contributed by atoms with van der Waals surface area (Å²) in [6, 6.07) is 4.30. The molecule has 1 aromatic carbocycles. The molecule has 0 aliphatic carbocycles. The molecule has 10 nitrogen and oxygen atoms in total. The van der Waals surface area contributed by atoms with E-state index in [0.717, 1.165) is 12.8 Å². The van der Waals surface area contributed by atoms with Crippen molar-refractivity contribution in [2.45, 2.75) is 37.3 Å². The first-order valence-corrected chi connectivity index (χ1v) is 11.2. The Morgan fingerprint density at radius 3 is 2.53 bits per heavy atom. The topological polar surface area (TPSA) is 123 Å². The van der Waals surface area contributed by atoms with E-state index in [9.17, 15) is 18.0 Å². The first kappa shape index (κ1) is 23.9. The van der Waals surface area contributed by atoms with Crippen LogP contribution in [0.3, 0.4) is 0 Å². The van der Waals surface area contributed by atoms with Crippen LogP contribution in [0.1, 0.15) is 26.2 Å². The average molecular weight is 444 g/mol. The number of methoxy groups -OCH3 is 2. The van der Waals surface area contributed by atoms with Gasteiger partial charge in [0.2, 0.25) is 10.0 Å². The first-order chi connectivity index (χ1) is 14.3. The summed E-state index contributed by atoms with van der Waals surface area (Å²) in [4.78, 5) is 23.8. The van der Waals surface area contributed by atoms with Crippen LogP contribution in [0.2, 0.25) is 0 Å². The molecule has 1 aromatic rings. The first-order valence-electron chi connectivity index (χ1n) is 9.76. The number of rotatable bonds is 9. The van der Waals surface area contributed by atoms with E-state index < -0.39 is 28.1 Å². The zero-order valence-electron chi connectivity index (χ0n) is 17.5. The molecule has 168 valence electrons. The van der Waals surface area contributed by atoms with Gasteiger partial charge in [0.05, 0.1) is 32.3 Å². The van der Waals surface area contributed by atoms with Crippen molar-refractivity contribution in [2.75, 3.05) is 40.5 Å². The standard InChI is InChI=1S/C19H29N3O7S/c1-4-5-9-20-18(23)19(24)21-13-17-22(10-6-11-29-17)30(25,26)14-7-8-15(27-2)16(12-14)28-3/h7-8,12,17H,4-6,9-11,13H2,1-3H3,(H,20,23)(H,21,24)/t17-/m1/s1. The summed E-state index contributed by atoms with van der Waals surface area (Å²) in [6.07, 6.45) is 1.24. The molecular formula is C19H29N3O7S. The largest absolute Gasteiger partial charge is 0.493 e. The summed E-state index contributed by atoms with van der Waals surface area (Å²) in [5.74, 6) is -0.897. The van der Waals surface area contributed by atoms with Crippen LogP contribution in [0.4, 0.5) is 0 Å². The third kappa shape index (κ3) is 5.83. The predicted molar refractivity (Wildman–Crippen MR) is 109 cm³/mol. The molecule has 2 amide bonds. The second kappa shape index (κ2) is 11.1. The molecule has 1 aliphatic heterocycles. The molecule has 1 fully saturated rings. The summed E-state index contributed by atoms with van der Waals surface area (Å²) in [5, 5.41) is 4.96. The maximum absolute atomic E-state index is 13.2. The monoisotopic (exact) mass is 443 g/mol. The lowest BCUT2D eigenvalue weighted by Gasteiger charge is -2.34. The lowest BCUT2D eigenvalue weighted by Crippen LogP contribution is -2.53. The van der Waals surface area contributed by atoms with Crippen molar-refractivity contribution < 1.29 is 32.2 Å². The van der Waals surface area contributed by atoms with E-state index in [4.69, 9.17) is 14.2 Å². The minimum absolute atomic E-state index is 0.0132. The van der Waals surface area contributed by atoms with Crippen molar-refractivity contribution >= 4 is 21.8 Å². The van der Waals surface area contributed by atoms with Gasteiger partial charge in [-0.05, 0) is 25.0 Å². The van der Waals surface area contributed by atoms with Crippen molar-refractivity contribution in [3.8, 4) is 11.5 Å². The van der Waals surface area contributed by atoms with E-state index in [1.54, 1.807) is 0 Å². The van der Waals surface area contributed by atoms with E-state index in [-0.39, 0.29) is 23.7 Å². The molecular weight excluding hydrogens is 414 g/mol. The Bertz CT molecular complexity index is 845. The van der Waals surface area contributed by atoms with Crippen molar-refractivity contribution in [3.63, 3.8) is 0 Å². The summed E-state index contributed by atoms with van der Waals surface area (Å²) >= 11 is 0. The smallest absolute Gasteiger partial charge is 0.309 e. The van der Waals surface area contributed by atoms with Crippen LogP contribution < -0.4 is 20.1 Å². The van der Waals surface area contributed by atoms with E-state index >= 15 is 0 Å². The molecule has 30 heavy (non-hydrogen) atoms. The van der Waals surface area contributed by atoms with Gasteiger partial charge < -0.3 is 24.8 Å². The van der Waals surface area contributed by atoms with Crippen LogP contribution in [-0.4, -0.2) is 71.2 Å². The maximum atomic E-state index is 13.2. The van der Waals surface area contributed by atoms with E-state index in [0.29, 0.717) is 25.3 Å². The van der Waals surface area contributed by atoms with Gasteiger partial charge in [-0.3, -0.25) is 9.59 Å². The molecule has 1 saturated heterocycles. The molecule has 0 radical (unpaired) electrons. The maximum Gasteiger partial charge on any atom is 0.309 e. The zero-order valence-corrected chi connectivity index (χ0v) is 18.3. The Morgan fingerprint density at radius 2 is 1.87 bits per heavy atom. The molecule has 0 saturated carbocycles. The number of carbonyl (C=O) groups is 2. The predicted octanol–water partition coefficient (Wildman–Crippen LogP) is 0.473. The van der Waals surface area contributed by atoms with E-state index in [2.05, 4.69) is 10.6 Å². The number of sulfonamides is 1. The van der Waals surface area contributed by atoms with Crippen LogP contribution in [0.15, 0.2) is 23.1 Å². The van der Waals surface area contributed by atoms with Gasteiger partial charge in [-0.1, -0.05) is 13.3 Å². The minimum atomic E-state index is -3.93. The fourth-order valence-electron chi connectivity index (χ4n) is 2.93. The highest BCUT2D eigenvalue weighted by molar-refractivity contribution is 7.89. The Morgan fingerprint density at radius 1 is 1.17 bits per heavy atom. The minimum Gasteiger partial charge on any atom is -0.493 e. The molecule has 0 spiro atoms. The fraction of sp³-hybridized carbons (Fsp3) is 0.579. The van der Waals surface area contributed by atoms with Crippen LogP contribution in [-0.2, 0) is 24.3 Å². The molecule has 0 aromatic heterocycles. The second-order valence-corrected chi connectivity index (χ2v) is 8.52. The van der Waals surface area contributed by atoms with Crippen molar-refractivity contribution in [1.82, 2.24) is 14.9 Å². The summed E-state index contributed by atoms with van der Waals surface area (Å²) in [5.41, 5.74) is 0. The zero-order chi connectivity index (χ0) is 22.1. The van der Waals surface area contributed by atoms with Gasteiger partial charge in [0.25, 0.3) is 0 Å². The lowest BCUT2D eigenvalue weighted by atomic mass is 10.3. The summed E-state index contributed by atoms with van der Waals surface area (Å²) in [6.45, 7) is 2.80. The molecule has 2 rings (SSSR count). The number of nitrogens with zero attached hydrogens (tertiary/aromatic N) is 1. The Hall–Kier alpha value is -2.37. The van der Waals surface area contributed by atoms with Gasteiger partial charge in [0, 0.05) is 19.2 Å². The molecule has 1 atom stereocenters. The summed E-state index contributed by atoms with van der Waals surface area (Å²) in [7, 11) is -1.05. The van der Waals surface area contributed by atoms with Crippen LogP contribution in [0, 0.1) is 0 Å². The number of nitrogens with one attached hydrogen (secondary N) is 2. The number of unbranched alkanes of at least 4 members (excludes halogenated alkanes) is 1. The highest BCUT2D eigenvalue weighted by Crippen LogP contribution is 2.31. The van der Waals surface area contributed by atoms with Gasteiger partial charge in [-0.2, -0.15) is 4.31 Å². The lowest BCUT2D eigenvalue weighted by molar-refractivity contribution is -0.140. The second-order valence-electron chi connectivity index (χ2n) is 6.63. The van der Waals surface area contributed by atoms with Crippen LogP contribution in [0.25, 0.3) is 0 Å². The Kier molecular flexibility index (Phi) is 8.88. The number of carbonyl (C=O) groups excluding carboxylic acids is 2. The van der Waals surface area contributed by atoms with Gasteiger partial charge in [-0.25, -0.2) is 8.42 Å². The van der Waals surface area contributed by atoms with Gasteiger partial charge in [0.15, 0.2) is 11.5 Å². The SMILES string of the molecule is CCCCNC(=O)C(=O)NC[C@H]1OCCCN1S(=O)(=O)c1ccc(OC)c(OC)c1. The van der Waals surface area contributed by atoms with Crippen LogP contribution in [0.5, 0.6) is 11.5 Å². The van der Waals surface area contributed by atoms with Crippen molar-refractivity contribution in [2.24, 2.45) is 0 Å². The molecule has 1 aliphatic rings. The third-order valence-electron chi connectivity index (χ3n) is 4.58. The molecule has 11 heteroatoms. The van der Waals surface area contributed by atoms with E-state index in [1.807, 2.05) is 6.92 Å². The van der Waals surface area contributed by atoms with Crippen molar-refractivity contribution in [3.05, 3.63) is 18.2 Å². The number of hydrogen-bond acceptors (Lipinski definition) is 7. The van der Waals surface area contributed by atoms with Crippen LogP contribution >= 0.6 is 0 Å².